The quantitative estimate of drug-likeness (QED) is 0.167. The standard InChI is InChI=1S/C64H54N2/c1-5-16-43(17-6-1)44-24-28-46(29-25-44)60-42-61(66-62(65-60)48-18-7-2-8-19-48)47-30-26-45(27-31-47)49-20-15-21-50(38-49)51-32-33-57-53(39-51)55-41-58-54(40-59(55)64(57)36-13-4-14-37-64)52-22-9-10-23-56(52)63(58)34-11-3-12-35-63/h2,5,7-10,15-33,38-42H,1,3-4,6,11-14,34-37H2. The van der Waals surface area contributed by atoms with Crippen molar-refractivity contribution in [1.29, 1.82) is 0 Å². The van der Waals surface area contributed by atoms with Crippen LogP contribution in [-0.4, -0.2) is 9.97 Å². The SMILES string of the molecule is C1=CC(c2ccc(-c3cc(-c4ccc(-c5cccc(-c6ccc7c(c6)-c6cc8c(cc6C76CCCCC6)-c6ccccc6C86CCCCC6)c5)cc4)nc(-c4ccccc4)n3)cc2)=CCC1. The summed E-state index contributed by atoms with van der Waals surface area (Å²) in [5.74, 6) is 0.733. The van der Waals surface area contributed by atoms with Crippen LogP contribution in [0.25, 0.3) is 84.0 Å². The van der Waals surface area contributed by atoms with E-state index in [0.717, 1.165) is 46.7 Å². The zero-order chi connectivity index (χ0) is 43.7. The van der Waals surface area contributed by atoms with Gasteiger partial charge in [-0.3, -0.25) is 0 Å². The van der Waals surface area contributed by atoms with Gasteiger partial charge in [-0.25, -0.2) is 9.97 Å². The third-order valence-corrected chi connectivity index (χ3v) is 16.1. The normalized spacial score (nSPS) is 17.2. The van der Waals surface area contributed by atoms with E-state index in [1.165, 1.54) is 120 Å². The highest BCUT2D eigenvalue weighted by atomic mass is 14.9. The summed E-state index contributed by atoms with van der Waals surface area (Å²) in [6.07, 6.45) is 22.0. The summed E-state index contributed by atoms with van der Waals surface area (Å²) in [6.45, 7) is 0. The number of benzene rings is 7. The Kier molecular flexibility index (Phi) is 9.52. The van der Waals surface area contributed by atoms with Gasteiger partial charge in [0.2, 0.25) is 0 Å². The zero-order valence-electron chi connectivity index (χ0n) is 37.7. The first kappa shape index (κ1) is 39.5. The zero-order valence-corrected chi connectivity index (χ0v) is 37.7. The van der Waals surface area contributed by atoms with Crippen LogP contribution in [0.3, 0.4) is 0 Å². The van der Waals surface area contributed by atoms with Gasteiger partial charge in [0.1, 0.15) is 0 Å². The first-order valence-electron chi connectivity index (χ1n) is 24.7. The summed E-state index contributed by atoms with van der Waals surface area (Å²) in [5.41, 5.74) is 25.1. The van der Waals surface area contributed by atoms with Crippen LogP contribution in [0, 0.1) is 0 Å². The number of allylic oxidation sites excluding steroid dienone is 4. The highest BCUT2D eigenvalue weighted by Crippen LogP contribution is 2.62. The van der Waals surface area contributed by atoms with Crippen LogP contribution >= 0.6 is 0 Å². The van der Waals surface area contributed by atoms with Crippen molar-refractivity contribution in [3.63, 3.8) is 0 Å². The molecule has 1 aromatic heterocycles. The lowest BCUT2D eigenvalue weighted by atomic mass is 9.66. The summed E-state index contributed by atoms with van der Waals surface area (Å²) in [6, 6.07) is 61.7. The maximum Gasteiger partial charge on any atom is 0.160 e. The molecule has 8 aromatic rings. The van der Waals surface area contributed by atoms with Gasteiger partial charge in [-0.2, -0.15) is 0 Å². The molecule has 0 saturated heterocycles. The van der Waals surface area contributed by atoms with Gasteiger partial charge in [0.05, 0.1) is 11.4 Å². The molecule has 5 aliphatic rings. The first-order valence-corrected chi connectivity index (χ1v) is 24.7. The molecule has 0 bridgehead atoms. The minimum Gasteiger partial charge on any atom is -0.228 e. The lowest BCUT2D eigenvalue weighted by Gasteiger charge is -2.37. The largest absolute Gasteiger partial charge is 0.228 e. The average molecular weight is 851 g/mol. The van der Waals surface area contributed by atoms with Crippen LogP contribution in [0.1, 0.15) is 105 Å². The van der Waals surface area contributed by atoms with E-state index in [0.29, 0.717) is 0 Å². The van der Waals surface area contributed by atoms with Gasteiger partial charge in [-0.1, -0.05) is 190 Å². The Morgan fingerprint density at radius 1 is 0.333 bits per heavy atom. The number of aromatic nitrogens is 2. The number of hydrogen-bond acceptors (Lipinski definition) is 2. The van der Waals surface area contributed by atoms with Crippen LogP contribution in [0.5, 0.6) is 0 Å². The summed E-state index contributed by atoms with van der Waals surface area (Å²) >= 11 is 0. The van der Waals surface area contributed by atoms with Crippen LogP contribution in [0.2, 0.25) is 0 Å². The monoisotopic (exact) mass is 850 g/mol. The molecule has 2 saturated carbocycles. The van der Waals surface area contributed by atoms with Crippen LogP contribution in [0.15, 0.2) is 182 Å². The van der Waals surface area contributed by atoms with Crippen LogP contribution in [-0.2, 0) is 10.8 Å². The summed E-state index contributed by atoms with van der Waals surface area (Å²) in [7, 11) is 0. The van der Waals surface area contributed by atoms with Gasteiger partial charge in [0, 0.05) is 27.5 Å². The molecular weight excluding hydrogens is 797 g/mol. The predicted octanol–water partition coefficient (Wildman–Crippen LogP) is 17.0. The Bertz CT molecular complexity index is 3230. The molecule has 5 aliphatic carbocycles. The average Bonchev–Trinajstić information content (AvgIpc) is 3.80. The molecule has 1 heterocycles. The molecule has 7 aromatic carbocycles. The Morgan fingerprint density at radius 2 is 0.848 bits per heavy atom. The summed E-state index contributed by atoms with van der Waals surface area (Å²) in [4.78, 5) is 10.3. The van der Waals surface area contributed by atoms with Crippen molar-refractivity contribution in [1.82, 2.24) is 9.97 Å². The third-order valence-electron chi connectivity index (χ3n) is 16.1. The Balaban J connectivity index is 0.846. The molecule has 2 nitrogen and oxygen atoms in total. The number of nitrogens with zero attached hydrogens (tertiary/aromatic N) is 2. The topological polar surface area (TPSA) is 25.8 Å². The number of hydrogen-bond donors (Lipinski definition) is 0. The molecule has 2 spiro atoms. The van der Waals surface area contributed by atoms with E-state index in [1.54, 1.807) is 22.3 Å². The fourth-order valence-electron chi connectivity index (χ4n) is 12.8. The first-order chi connectivity index (χ1) is 32.6. The molecule has 0 aliphatic heterocycles. The second-order valence-corrected chi connectivity index (χ2v) is 19.7. The lowest BCUT2D eigenvalue weighted by molar-refractivity contribution is 0.350. The molecule has 0 atom stereocenters. The molecule has 2 fully saturated rings. The number of fused-ring (bicyclic) bond motifs is 10. The van der Waals surface area contributed by atoms with Gasteiger partial charge in [0.15, 0.2) is 5.82 Å². The molecular formula is C64H54N2. The van der Waals surface area contributed by atoms with Crippen LogP contribution < -0.4 is 0 Å². The van der Waals surface area contributed by atoms with Gasteiger partial charge >= 0.3 is 0 Å². The fraction of sp³-hybridized carbons (Fsp3) is 0.219. The maximum absolute atomic E-state index is 5.15. The van der Waals surface area contributed by atoms with Crippen molar-refractivity contribution in [3.8, 4) is 78.4 Å². The van der Waals surface area contributed by atoms with Crippen molar-refractivity contribution in [3.05, 3.63) is 210 Å². The maximum atomic E-state index is 5.15. The highest BCUT2D eigenvalue weighted by molar-refractivity contribution is 5.92. The van der Waals surface area contributed by atoms with E-state index in [4.69, 9.17) is 9.97 Å². The van der Waals surface area contributed by atoms with E-state index in [-0.39, 0.29) is 10.8 Å². The van der Waals surface area contributed by atoms with Gasteiger partial charge in [-0.05, 0) is 147 Å². The smallest absolute Gasteiger partial charge is 0.160 e. The van der Waals surface area contributed by atoms with Crippen molar-refractivity contribution < 1.29 is 0 Å². The minimum absolute atomic E-state index is 0.110. The second kappa shape index (κ2) is 15.9. The molecule has 0 radical (unpaired) electrons. The van der Waals surface area contributed by atoms with Crippen molar-refractivity contribution >= 4 is 5.57 Å². The second-order valence-electron chi connectivity index (χ2n) is 19.7. The fourth-order valence-corrected chi connectivity index (χ4v) is 12.8. The lowest BCUT2D eigenvalue weighted by Crippen LogP contribution is -2.29. The van der Waals surface area contributed by atoms with Gasteiger partial charge in [-0.15, -0.1) is 0 Å². The minimum atomic E-state index is 0.110. The molecule has 0 amide bonds. The van der Waals surface area contributed by atoms with E-state index >= 15 is 0 Å². The number of rotatable bonds is 6. The summed E-state index contributed by atoms with van der Waals surface area (Å²) in [5, 5.41) is 0. The summed E-state index contributed by atoms with van der Waals surface area (Å²) < 4.78 is 0. The molecule has 0 N–H and O–H groups in total. The van der Waals surface area contributed by atoms with E-state index < -0.39 is 0 Å². The van der Waals surface area contributed by atoms with E-state index in [2.05, 4.69) is 176 Å². The third kappa shape index (κ3) is 6.44. The molecule has 2 heteroatoms. The molecule has 320 valence electrons. The molecule has 66 heavy (non-hydrogen) atoms. The van der Waals surface area contributed by atoms with Crippen LogP contribution in [0.4, 0.5) is 0 Å². The Hall–Kier alpha value is -6.90. The molecule has 13 rings (SSSR count). The van der Waals surface area contributed by atoms with E-state index in [1.807, 2.05) is 6.07 Å². The van der Waals surface area contributed by atoms with Crippen molar-refractivity contribution in [2.75, 3.05) is 0 Å². The Labute approximate surface area is 389 Å². The predicted molar refractivity (Wildman–Crippen MR) is 274 cm³/mol. The van der Waals surface area contributed by atoms with E-state index in [9.17, 15) is 0 Å². The molecule has 0 unspecified atom stereocenters. The van der Waals surface area contributed by atoms with Crippen molar-refractivity contribution in [2.24, 2.45) is 0 Å². The highest BCUT2D eigenvalue weighted by Gasteiger charge is 2.49. The Morgan fingerprint density at radius 3 is 1.50 bits per heavy atom. The van der Waals surface area contributed by atoms with Crippen molar-refractivity contribution in [2.45, 2.75) is 87.9 Å². The van der Waals surface area contributed by atoms with Gasteiger partial charge < -0.3 is 0 Å². The van der Waals surface area contributed by atoms with Gasteiger partial charge in [0.25, 0.3) is 0 Å².